The zero-order chi connectivity index (χ0) is 10.4. The first kappa shape index (κ1) is 11.8. The number of thioether (sulfide) groups is 1. The molecule has 0 spiro atoms. The van der Waals surface area contributed by atoms with Crippen molar-refractivity contribution in [3.05, 3.63) is 22.4 Å². The predicted molar refractivity (Wildman–Crippen MR) is 65.2 cm³/mol. The highest BCUT2D eigenvalue weighted by Crippen LogP contribution is 2.12. The molecule has 1 aromatic rings. The number of thiophene rings is 1. The van der Waals surface area contributed by atoms with Gasteiger partial charge >= 0.3 is 0 Å². The van der Waals surface area contributed by atoms with Gasteiger partial charge < -0.3 is 0 Å². The van der Waals surface area contributed by atoms with E-state index in [-0.39, 0.29) is 0 Å². The van der Waals surface area contributed by atoms with Crippen LogP contribution < -0.4 is 0 Å². The van der Waals surface area contributed by atoms with Crippen molar-refractivity contribution in [2.45, 2.75) is 20.3 Å². The Kier molecular flexibility index (Phi) is 5.26. The highest BCUT2D eigenvalue weighted by molar-refractivity contribution is 7.99. The molecule has 0 fully saturated rings. The highest BCUT2D eigenvalue weighted by atomic mass is 32.2. The molecule has 0 amide bonds. The molecule has 0 saturated heterocycles. The first-order valence-corrected chi connectivity index (χ1v) is 6.83. The second-order valence-electron chi connectivity index (χ2n) is 3.70. The third-order valence-electron chi connectivity index (χ3n) is 1.67. The van der Waals surface area contributed by atoms with Crippen molar-refractivity contribution < 1.29 is 4.79 Å². The van der Waals surface area contributed by atoms with Crippen LogP contribution in [0.3, 0.4) is 0 Å². The lowest BCUT2D eigenvalue weighted by Gasteiger charge is -2.02. The van der Waals surface area contributed by atoms with Crippen LogP contribution in [0, 0.1) is 5.92 Å². The standard InChI is InChI=1S/C11H16OS2/c1-9(2)7-13-8-10(12)6-11-4-3-5-14-11/h3-5,9H,6-8H2,1-2H3. The number of hydrogen-bond donors (Lipinski definition) is 0. The van der Waals surface area contributed by atoms with Gasteiger partial charge in [0, 0.05) is 11.3 Å². The van der Waals surface area contributed by atoms with Gasteiger partial charge in [-0.3, -0.25) is 4.79 Å². The molecule has 0 aliphatic heterocycles. The van der Waals surface area contributed by atoms with Crippen LogP contribution in [-0.2, 0) is 11.2 Å². The summed E-state index contributed by atoms with van der Waals surface area (Å²) in [4.78, 5) is 12.7. The number of hydrogen-bond acceptors (Lipinski definition) is 3. The van der Waals surface area contributed by atoms with Crippen LogP contribution in [0.1, 0.15) is 18.7 Å². The molecule has 78 valence electrons. The Morgan fingerprint density at radius 1 is 1.57 bits per heavy atom. The molecular weight excluding hydrogens is 212 g/mol. The molecule has 0 bridgehead atoms. The lowest BCUT2D eigenvalue weighted by molar-refractivity contribution is -0.115. The van der Waals surface area contributed by atoms with Gasteiger partial charge in [0.2, 0.25) is 0 Å². The molecule has 14 heavy (non-hydrogen) atoms. The topological polar surface area (TPSA) is 17.1 Å². The number of rotatable bonds is 6. The Bertz CT molecular complexity index is 265. The first-order valence-electron chi connectivity index (χ1n) is 4.80. The SMILES string of the molecule is CC(C)CSCC(=O)Cc1cccs1. The van der Waals surface area contributed by atoms with E-state index >= 15 is 0 Å². The third kappa shape index (κ3) is 4.82. The number of carbonyl (C=O) groups excluding carboxylic acids is 1. The van der Waals surface area contributed by atoms with Gasteiger partial charge in [-0.25, -0.2) is 0 Å². The van der Waals surface area contributed by atoms with Crippen LogP contribution in [0.2, 0.25) is 0 Å². The van der Waals surface area contributed by atoms with E-state index in [4.69, 9.17) is 0 Å². The summed E-state index contributed by atoms with van der Waals surface area (Å²) < 4.78 is 0. The van der Waals surface area contributed by atoms with Crippen molar-refractivity contribution in [1.29, 1.82) is 0 Å². The summed E-state index contributed by atoms with van der Waals surface area (Å²) >= 11 is 3.41. The minimum Gasteiger partial charge on any atom is -0.298 e. The van der Waals surface area contributed by atoms with E-state index in [1.54, 1.807) is 23.1 Å². The Morgan fingerprint density at radius 2 is 2.36 bits per heavy atom. The third-order valence-corrected chi connectivity index (χ3v) is 3.97. The van der Waals surface area contributed by atoms with Gasteiger partial charge in [0.1, 0.15) is 5.78 Å². The predicted octanol–water partition coefficient (Wildman–Crippen LogP) is 3.25. The number of carbonyl (C=O) groups is 1. The van der Waals surface area contributed by atoms with Gasteiger partial charge in [0.15, 0.2) is 0 Å². The molecule has 1 nitrogen and oxygen atoms in total. The minimum atomic E-state index is 0.345. The van der Waals surface area contributed by atoms with E-state index < -0.39 is 0 Å². The van der Waals surface area contributed by atoms with Crippen molar-refractivity contribution in [3.8, 4) is 0 Å². The smallest absolute Gasteiger partial charge is 0.147 e. The second-order valence-corrected chi connectivity index (χ2v) is 5.77. The van der Waals surface area contributed by atoms with Crippen molar-refractivity contribution in [1.82, 2.24) is 0 Å². The van der Waals surface area contributed by atoms with E-state index in [9.17, 15) is 4.79 Å². The summed E-state index contributed by atoms with van der Waals surface area (Å²) in [6.45, 7) is 4.35. The molecule has 0 aromatic carbocycles. The van der Waals surface area contributed by atoms with Crippen LogP contribution in [0.5, 0.6) is 0 Å². The molecule has 0 aliphatic carbocycles. The average molecular weight is 228 g/mol. The van der Waals surface area contributed by atoms with Gasteiger partial charge in [0.05, 0.1) is 5.75 Å². The fourth-order valence-corrected chi connectivity index (χ4v) is 2.72. The first-order chi connectivity index (χ1) is 6.68. The molecule has 0 saturated carbocycles. The van der Waals surface area contributed by atoms with Gasteiger partial charge in [-0.1, -0.05) is 19.9 Å². The number of Topliss-reactive ketones (excluding diaryl/α,β-unsaturated/α-hetero) is 1. The lowest BCUT2D eigenvalue weighted by atomic mass is 10.3. The molecule has 0 unspecified atom stereocenters. The molecule has 3 heteroatoms. The minimum absolute atomic E-state index is 0.345. The largest absolute Gasteiger partial charge is 0.298 e. The van der Waals surface area contributed by atoms with Gasteiger partial charge in [0.25, 0.3) is 0 Å². The molecular formula is C11H16OS2. The maximum atomic E-state index is 11.5. The summed E-state index contributed by atoms with van der Waals surface area (Å²) in [6.07, 6.45) is 0.614. The molecule has 0 radical (unpaired) electrons. The maximum Gasteiger partial charge on any atom is 0.147 e. The fourth-order valence-electron chi connectivity index (χ4n) is 1.07. The van der Waals surface area contributed by atoms with Crippen LogP contribution in [0.15, 0.2) is 17.5 Å². The van der Waals surface area contributed by atoms with Crippen LogP contribution in [0.25, 0.3) is 0 Å². The average Bonchev–Trinajstić information content (AvgIpc) is 2.56. The fraction of sp³-hybridized carbons (Fsp3) is 0.545. The molecule has 1 aromatic heterocycles. The molecule has 0 aliphatic rings. The highest BCUT2D eigenvalue weighted by Gasteiger charge is 2.05. The van der Waals surface area contributed by atoms with E-state index in [1.807, 2.05) is 17.5 Å². The summed E-state index contributed by atoms with van der Waals surface area (Å²) in [5.41, 5.74) is 0. The van der Waals surface area contributed by atoms with Crippen LogP contribution >= 0.6 is 23.1 Å². The van der Waals surface area contributed by atoms with E-state index in [0.29, 0.717) is 23.9 Å². The van der Waals surface area contributed by atoms with Gasteiger partial charge in [-0.15, -0.1) is 11.3 Å². The monoisotopic (exact) mass is 228 g/mol. The summed E-state index contributed by atoms with van der Waals surface area (Å²) in [7, 11) is 0. The van der Waals surface area contributed by atoms with E-state index in [2.05, 4.69) is 13.8 Å². The van der Waals surface area contributed by atoms with Crippen molar-refractivity contribution >= 4 is 28.9 Å². The van der Waals surface area contributed by atoms with Crippen molar-refractivity contribution in [2.24, 2.45) is 5.92 Å². The molecule has 0 atom stereocenters. The lowest BCUT2D eigenvalue weighted by Crippen LogP contribution is -2.06. The maximum absolute atomic E-state index is 11.5. The summed E-state index contributed by atoms with van der Waals surface area (Å²) in [5.74, 6) is 2.76. The molecule has 1 heterocycles. The second kappa shape index (κ2) is 6.25. The van der Waals surface area contributed by atoms with Crippen molar-refractivity contribution in [3.63, 3.8) is 0 Å². The van der Waals surface area contributed by atoms with Crippen LogP contribution in [0.4, 0.5) is 0 Å². The quantitative estimate of drug-likeness (QED) is 0.743. The Hall–Kier alpha value is -0.280. The van der Waals surface area contributed by atoms with Gasteiger partial charge in [-0.2, -0.15) is 11.8 Å². The van der Waals surface area contributed by atoms with Crippen LogP contribution in [-0.4, -0.2) is 17.3 Å². The van der Waals surface area contributed by atoms with Gasteiger partial charge in [-0.05, 0) is 23.1 Å². The van der Waals surface area contributed by atoms with E-state index in [1.165, 1.54) is 4.88 Å². The Balaban J connectivity index is 2.17. The Labute approximate surface area is 93.9 Å². The van der Waals surface area contributed by atoms with E-state index in [0.717, 1.165) is 5.75 Å². The molecule has 0 N–H and O–H groups in total. The normalized spacial score (nSPS) is 10.8. The summed E-state index contributed by atoms with van der Waals surface area (Å²) in [5, 5.41) is 2.02. The van der Waals surface area contributed by atoms with Crippen molar-refractivity contribution in [2.75, 3.05) is 11.5 Å². The number of ketones is 1. The summed E-state index contributed by atoms with van der Waals surface area (Å²) in [6, 6.07) is 4.02. The zero-order valence-electron chi connectivity index (χ0n) is 8.66. The Morgan fingerprint density at radius 3 is 2.93 bits per heavy atom. The zero-order valence-corrected chi connectivity index (χ0v) is 10.3. The molecule has 1 rings (SSSR count).